The molecule has 3 aliphatic heterocycles. The Morgan fingerprint density at radius 3 is 2.86 bits per heavy atom. The van der Waals surface area contributed by atoms with E-state index in [2.05, 4.69) is 35.2 Å². The summed E-state index contributed by atoms with van der Waals surface area (Å²) in [5.41, 5.74) is 8.17. The van der Waals surface area contributed by atoms with Crippen LogP contribution in [0, 0.1) is 0 Å². The molecule has 0 spiro atoms. The lowest BCUT2D eigenvalue weighted by molar-refractivity contribution is -0.182. The molecule has 8 N–H and O–H groups in total. The van der Waals surface area contributed by atoms with Gasteiger partial charge in [-0.15, -0.1) is 5.10 Å². The number of ether oxygens (including phenoxy) is 3. The minimum absolute atomic E-state index is 0.120. The number of rotatable bonds is 8. The molecule has 7 rings (SSSR count). The highest BCUT2D eigenvalue weighted by Crippen LogP contribution is 2.60. The summed E-state index contributed by atoms with van der Waals surface area (Å²) in [5, 5.41) is 28.3. The van der Waals surface area contributed by atoms with Crippen molar-refractivity contribution in [3.05, 3.63) is 23.0 Å². The third-order valence-electron chi connectivity index (χ3n) is 7.83. The number of aliphatic hydroxyl groups excluding tert-OH is 2. The maximum absolute atomic E-state index is 15.9. The van der Waals surface area contributed by atoms with Crippen LogP contribution < -0.4 is 17.0 Å². The largest absolute Gasteiger partial charge is 0.396 e. The van der Waals surface area contributed by atoms with E-state index in [0.29, 0.717) is 11.2 Å². The fourth-order valence-electron chi connectivity index (χ4n) is 5.72. The van der Waals surface area contributed by atoms with Crippen molar-refractivity contribution < 1.29 is 38.2 Å². The van der Waals surface area contributed by atoms with Gasteiger partial charge in [0.1, 0.15) is 41.5 Å². The lowest BCUT2D eigenvalue weighted by Gasteiger charge is -2.34. The van der Waals surface area contributed by atoms with Crippen molar-refractivity contribution in [1.29, 1.82) is 0 Å². The van der Waals surface area contributed by atoms with E-state index in [1.807, 2.05) is 0 Å². The third-order valence-corrected chi connectivity index (χ3v) is 10.7. The van der Waals surface area contributed by atoms with Gasteiger partial charge < -0.3 is 45.3 Å². The van der Waals surface area contributed by atoms with Gasteiger partial charge in [-0.25, -0.2) is 19.3 Å². The van der Waals surface area contributed by atoms with Crippen molar-refractivity contribution in [1.82, 2.24) is 44.5 Å². The van der Waals surface area contributed by atoms with E-state index in [4.69, 9.17) is 42.0 Å². The SMILES string of the molecule is Nc1nc2c(nnn2[C@@H]2O[C@H](CCO)[C@H](F)[C@H]2P(O)(=S)OC[C@@]23CO[C@@H]([C@H](n4cnc5c(N)ncnc54)O2)[C@@H]3O)c(=O)[nH]1. The van der Waals surface area contributed by atoms with Gasteiger partial charge >= 0.3 is 0 Å². The Kier molecular flexibility index (Phi) is 6.72. The van der Waals surface area contributed by atoms with Crippen molar-refractivity contribution in [2.75, 3.05) is 31.3 Å². The van der Waals surface area contributed by atoms with Gasteiger partial charge in [0.15, 0.2) is 41.6 Å². The second-order valence-corrected chi connectivity index (χ2v) is 13.9. The third kappa shape index (κ3) is 4.34. The van der Waals surface area contributed by atoms with Gasteiger partial charge in [0, 0.05) is 6.61 Å². The predicted octanol–water partition coefficient (Wildman–Crippen LogP) is -2.15. The number of aliphatic hydroxyl groups is 2. The number of nitrogens with one attached hydrogen (secondary N) is 1. The first-order valence-electron chi connectivity index (χ1n) is 12.9. The minimum Gasteiger partial charge on any atom is -0.396 e. The molecule has 0 aromatic carbocycles. The number of aromatic amines is 1. The summed E-state index contributed by atoms with van der Waals surface area (Å²) in [4.78, 5) is 42.5. The van der Waals surface area contributed by atoms with Crippen molar-refractivity contribution in [3.63, 3.8) is 0 Å². The number of nitrogens with zero attached hydrogens (tertiary/aromatic N) is 8. The lowest BCUT2D eigenvalue weighted by Crippen LogP contribution is -2.45. The lowest BCUT2D eigenvalue weighted by atomic mass is 10.0. The summed E-state index contributed by atoms with van der Waals surface area (Å²) in [6, 6.07) is 0. The number of nitrogen functional groups attached to an aromatic ring is 2. The fraction of sp³-hybridized carbons (Fsp3) is 0.571. The van der Waals surface area contributed by atoms with E-state index in [0.717, 1.165) is 4.68 Å². The van der Waals surface area contributed by atoms with Gasteiger partial charge in [-0.05, 0) is 18.2 Å². The summed E-state index contributed by atoms with van der Waals surface area (Å²) in [6.07, 6.45) is -5.03. The maximum atomic E-state index is 15.9. The van der Waals surface area contributed by atoms with Crippen LogP contribution in [0.2, 0.25) is 0 Å². The number of anilines is 2. The summed E-state index contributed by atoms with van der Waals surface area (Å²) in [5.74, 6) is -0.0979. The van der Waals surface area contributed by atoms with E-state index in [9.17, 15) is 19.9 Å². The molecule has 1 unspecified atom stereocenters. The first-order valence-corrected chi connectivity index (χ1v) is 15.7. The Hall–Kier alpha value is -3.27. The van der Waals surface area contributed by atoms with E-state index in [1.165, 1.54) is 17.2 Å². The van der Waals surface area contributed by atoms with Crippen LogP contribution in [-0.4, -0.2) is 115 Å². The zero-order valence-electron chi connectivity index (χ0n) is 21.9. The number of imidazole rings is 1. The number of alkyl halides is 1. The standard InChI is InChI=1S/C21H25FN11O8PS/c22-8-7(1-2-34)40-19(33-16-10(30-31-33)17(36)29-20(24)28-16)12(8)42(37,43)39-4-21-3-38-11(13(21)35)18(41-21)32-6-27-9-14(23)25-5-26-15(9)32/h5-8,11-13,18-19,34-35H,1-4H2,(H,37,43)(H2,23,25,26)(H3,24,28,29,36)/t7-,8+,11-,12-,13+,18-,19-,21-,42?/m1/s1. The monoisotopic (exact) mass is 641 g/mol. The Bertz CT molecular complexity index is 1820. The van der Waals surface area contributed by atoms with Crippen molar-refractivity contribution in [2.45, 2.75) is 54.6 Å². The molecule has 43 heavy (non-hydrogen) atoms. The molecule has 3 saturated heterocycles. The second kappa shape index (κ2) is 10.1. The van der Waals surface area contributed by atoms with Crippen LogP contribution in [0.5, 0.6) is 0 Å². The first kappa shape index (κ1) is 28.5. The Balaban J connectivity index is 1.17. The summed E-state index contributed by atoms with van der Waals surface area (Å²) in [7, 11) is 0. The van der Waals surface area contributed by atoms with E-state index in [-0.39, 0.29) is 36.0 Å². The van der Waals surface area contributed by atoms with E-state index >= 15 is 4.39 Å². The van der Waals surface area contributed by atoms with Gasteiger partial charge in [-0.1, -0.05) is 5.21 Å². The number of hydrogen-bond donors (Lipinski definition) is 6. The molecule has 19 nitrogen and oxygen atoms in total. The molecule has 3 fully saturated rings. The fourth-order valence-corrected chi connectivity index (χ4v) is 8.19. The molecule has 3 aliphatic rings. The number of fused-ring (bicyclic) bond motifs is 4. The molecule has 0 saturated carbocycles. The summed E-state index contributed by atoms with van der Waals surface area (Å²) in [6.45, 7) is -5.21. The number of H-pyrrole nitrogens is 1. The van der Waals surface area contributed by atoms with Gasteiger partial charge in [0.05, 0.1) is 25.6 Å². The minimum atomic E-state index is -4.18. The molecule has 4 aromatic rings. The van der Waals surface area contributed by atoms with Crippen molar-refractivity contribution >= 4 is 52.4 Å². The van der Waals surface area contributed by atoms with Crippen LogP contribution in [0.3, 0.4) is 0 Å². The van der Waals surface area contributed by atoms with Crippen LogP contribution in [0.1, 0.15) is 18.9 Å². The quantitative estimate of drug-likeness (QED) is 0.112. The Morgan fingerprint density at radius 1 is 1.26 bits per heavy atom. The molecule has 7 heterocycles. The van der Waals surface area contributed by atoms with Crippen LogP contribution in [-0.2, 0) is 30.5 Å². The highest BCUT2D eigenvalue weighted by molar-refractivity contribution is 8.09. The van der Waals surface area contributed by atoms with Crippen LogP contribution in [0.4, 0.5) is 16.2 Å². The molecule has 230 valence electrons. The number of nitrogens with two attached hydrogens (primary N) is 2. The van der Waals surface area contributed by atoms with E-state index in [1.54, 1.807) is 0 Å². The zero-order valence-corrected chi connectivity index (χ0v) is 23.6. The second-order valence-electron chi connectivity index (χ2n) is 10.4. The molecule has 22 heteroatoms. The highest BCUT2D eigenvalue weighted by atomic mass is 32.5. The topological polar surface area (TPSA) is 270 Å². The highest BCUT2D eigenvalue weighted by Gasteiger charge is 2.63. The molecule has 2 bridgehead atoms. The van der Waals surface area contributed by atoms with Gasteiger partial charge in [-0.3, -0.25) is 14.3 Å². The molecule has 0 aliphatic carbocycles. The van der Waals surface area contributed by atoms with Crippen LogP contribution >= 0.6 is 6.49 Å². The summed E-state index contributed by atoms with van der Waals surface area (Å²) >= 11 is 5.48. The van der Waals surface area contributed by atoms with Gasteiger partial charge in [0.25, 0.3) is 5.56 Å². The maximum Gasteiger partial charge on any atom is 0.282 e. The molecule has 0 amide bonds. The van der Waals surface area contributed by atoms with Crippen LogP contribution in [0.15, 0.2) is 17.4 Å². The molecular formula is C21H25FN11O8PS. The number of aromatic nitrogens is 9. The van der Waals surface area contributed by atoms with Gasteiger partial charge in [-0.2, -0.15) is 9.67 Å². The molecule has 4 aromatic heterocycles. The predicted molar refractivity (Wildman–Crippen MR) is 145 cm³/mol. The Morgan fingerprint density at radius 2 is 2.07 bits per heavy atom. The average molecular weight is 642 g/mol. The van der Waals surface area contributed by atoms with Crippen molar-refractivity contribution in [2.24, 2.45) is 0 Å². The Labute approximate surface area is 244 Å². The molecule has 0 radical (unpaired) electrons. The zero-order chi connectivity index (χ0) is 30.3. The molecule has 9 atom stereocenters. The van der Waals surface area contributed by atoms with Crippen LogP contribution in [0.25, 0.3) is 22.3 Å². The number of halogens is 1. The normalized spacial score (nSPS) is 33.5. The van der Waals surface area contributed by atoms with E-state index < -0.39 is 73.5 Å². The van der Waals surface area contributed by atoms with Crippen molar-refractivity contribution in [3.8, 4) is 0 Å². The average Bonchev–Trinajstić information content (AvgIpc) is 3.76. The van der Waals surface area contributed by atoms with Gasteiger partial charge in [0.2, 0.25) is 5.95 Å². The number of hydrogen-bond acceptors (Lipinski definition) is 16. The smallest absolute Gasteiger partial charge is 0.282 e. The first-order chi connectivity index (χ1) is 20.5. The molecular weight excluding hydrogens is 616 g/mol. The summed E-state index contributed by atoms with van der Waals surface area (Å²) < 4.78 is 42.1.